The molecule has 31 heavy (non-hydrogen) atoms. The van der Waals surface area contributed by atoms with Crippen LogP contribution < -0.4 is 15.0 Å². The maximum absolute atomic E-state index is 11.4. The van der Waals surface area contributed by atoms with Crippen LogP contribution >= 0.6 is 0 Å². The average molecular weight is 419 g/mol. The Morgan fingerprint density at radius 2 is 1.94 bits per heavy atom. The number of carbonyl (C=O) groups is 1. The lowest BCUT2D eigenvalue weighted by atomic mass is 10.0. The zero-order valence-corrected chi connectivity index (χ0v) is 17.3. The smallest absolute Gasteiger partial charge is 0.242 e. The molecule has 2 saturated heterocycles. The topological polar surface area (TPSA) is 89.5 Å². The van der Waals surface area contributed by atoms with Gasteiger partial charge < -0.3 is 19.7 Å². The van der Waals surface area contributed by atoms with E-state index in [1.54, 1.807) is 12.4 Å². The van der Waals surface area contributed by atoms with E-state index >= 15 is 0 Å². The third-order valence-electron chi connectivity index (χ3n) is 5.79. The molecule has 2 aliphatic rings. The van der Waals surface area contributed by atoms with E-state index in [1.807, 2.05) is 6.07 Å². The van der Waals surface area contributed by atoms with Crippen molar-refractivity contribution in [3.63, 3.8) is 0 Å². The highest BCUT2D eigenvalue weighted by Gasteiger charge is 2.20. The van der Waals surface area contributed by atoms with E-state index in [0.29, 0.717) is 31.0 Å². The number of aromatic nitrogens is 3. The molecular formula is C23H25N5O3. The van der Waals surface area contributed by atoms with Crippen molar-refractivity contribution < 1.29 is 14.3 Å². The number of morpholine rings is 1. The van der Waals surface area contributed by atoms with Gasteiger partial charge in [-0.3, -0.25) is 9.78 Å². The van der Waals surface area contributed by atoms with Crippen LogP contribution in [0.5, 0.6) is 5.88 Å². The lowest BCUT2D eigenvalue weighted by molar-refractivity contribution is -0.123. The largest absolute Gasteiger partial charge is 0.476 e. The number of fused-ring (bicyclic) bond motifs is 1. The minimum absolute atomic E-state index is 0.105. The molecule has 160 valence electrons. The molecule has 2 fully saturated rings. The molecule has 8 heteroatoms. The van der Waals surface area contributed by atoms with Crippen molar-refractivity contribution in [3.05, 3.63) is 42.7 Å². The molecule has 3 aromatic rings. The number of anilines is 1. The molecule has 1 aromatic carbocycles. The number of benzene rings is 1. The van der Waals surface area contributed by atoms with Gasteiger partial charge in [-0.2, -0.15) is 0 Å². The minimum atomic E-state index is 0.105. The highest BCUT2D eigenvalue weighted by atomic mass is 16.5. The SMILES string of the molecule is O=C1CCC(COc2nc(-c3ccc(N4CCOCC4)cc3)cc3nccnc23)CN1. The van der Waals surface area contributed by atoms with Crippen LogP contribution in [0.3, 0.4) is 0 Å². The maximum Gasteiger partial charge on any atom is 0.242 e. The van der Waals surface area contributed by atoms with E-state index < -0.39 is 0 Å². The first kappa shape index (κ1) is 19.7. The number of piperidine rings is 1. The van der Waals surface area contributed by atoms with E-state index in [9.17, 15) is 4.79 Å². The summed E-state index contributed by atoms with van der Waals surface area (Å²) in [5, 5.41) is 2.90. The lowest BCUT2D eigenvalue weighted by Gasteiger charge is -2.28. The van der Waals surface area contributed by atoms with Gasteiger partial charge in [0.2, 0.25) is 11.8 Å². The van der Waals surface area contributed by atoms with Crippen molar-refractivity contribution in [1.29, 1.82) is 0 Å². The van der Waals surface area contributed by atoms with Crippen LogP contribution in [0.2, 0.25) is 0 Å². The second-order valence-corrected chi connectivity index (χ2v) is 7.90. The fraction of sp³-hybridized carbons (Fsp3) is 0.391. The number of amides is 1. The summed E-state index contributed by atoms with van der Waals surface area (Å²) in [7, 11) is 0. The molecule has 8 nitrogen and oxygen atoms in total. The van der Waals surface area contributed by atoms with Gasteiger partial charge in [0, 0.05) is 55.6 Å². The highest BCUT2D eigenvalue weighted by molar-refractivity contribution is 5.83. The number of ether oxygens (including phenoxy) is 2. The Bertz CT molecular complexity index is 1060. The van der Waals surface area contributed by atoms with Crippen molar-refractivity contribution in [2.75, 3.05) is 44.4 Å². The Morgan fingerprint density at radius 1 is 1.13 bits per heavy atom. The quantitative estimate of drug-likeness (QED) is 0.679. The zero-order chi connectivity index (χ0) is 21.0. The lowest BCUT2D eigenvalue weighted by Crippen LogP contribution is -2.37. The fourth-order valence-electron chi connectivity index (χ4n) is 3.98. The first-order valence-corrected chi connectivity index (χ1v) is 10.7. The summed E-state index contributed by atoms with van der Waals surface area (Å²) in [6, 6.07) is 10.3. The molecule has 0 spiro atoms. The number of nitrogens with one attached hydrogen (secondary N) is 1. The molecule has 1 unspecified atom stereocenters. The van der Waals surface area contributed by atoms with E-state index in [4.69, 9.17) is 14.5 Å². The van der Waals surface area contributed by atoms with Crippen LogP contribution in [0, 0.1) is 5.92 Å². The molecule has 1 N–H and O–H groups in total. The Morgan fingerprint density at radius 3 is 2.71 bits per heavy atom. The van der Waals surface area contributed by atoms with Gasteiger partial charge in [0.25, 0.3) is 0 Å². The summed E-state index contributed by atoms with van der Waals surface area (Å²) >= 11 is 0. The Hall–Kier alpha value is -3.26. The van der Waals surface area contributed by atoms with E-state index in [0.717, 1.165) is 49.5 Å². The van der Waals surface area contributed by atoms with Gasteiger partial charge in [-0.05, 0) is 24.6 Å². The molecule has 0 saturated carbocycles. The maximum atomic E-state index is 11.4. The van der Waals surface area contributed by atoms with Gasteiger partial charge in [0.1, 0.15) is 0 Å². The zero-order valence-electron chi connectivity index (χ0n) is 17.3. The van der Waals surface area contributed by atoms with Gasteiger partial charge in [-0.25, -0.2) is 9.97 Å². The van der Waals surface area contributed by atoms with Crippen LogP contribution in [0.15, 0.2) is 42.7 Å². The van der Waals surface area contributed by atoms with Crippen molar-refractivity contribution in [2.45, 2.75) is 12.8 Å². The second-order valence-electron chi connectivity index (χ2n) is 7.90. The average Bonchev–Trinajstić information content (AvgIpc) is 2.84. The predicted molar refractivity (Wildman–Crippen MR) is 117 cm³/mol. The van der Waals surface area contributed by atoms with Crippen molar-refractivity contribution in [3.8, 4) is 17.1 Å². The normalized spacial score (nSPS) is 19.3. The second kappa shape index (κ2) is 8.85. The number of hydrogen-bond donors (Lipinski definition) is 1. The minimum Gasteiger partial charge on any atom is -0.476 e. The molecule has 1 amide bonds. The third kappa shape index (κ3) is 4.44. The van der Waals surface area contributed by atoms with Crippen LogP contribution in [0.1, 0.15) is 12.8 Å². The first-order valence-electron chi connectivity index (χ1n) is 10.7. The molecule has 1 atom stereocenters. The Labute approximate surface area is 180 Å². The summed E-state index contributed by atoms with van der Waals surface area (Å²) in [6.07, 6.45) is 4.68. The molecule has 0 radical (unpaired) electrons. The number of nitrogens with zero attached hydrogens (tertiary/aromatic N) is 4. The van der Waals surface area contributed by atoms with Gasteiger partial charge in [-0.1, -0.05) is 12.1 Å². The van der Waals surface area contributed by atoms with Crippen LogP contribution in [-0.4, -0.2) is 60.3 Å². The summed E-state index contributed by atoms with van der Waals surface area (Å²) in [5.74, 6) is 0.852. The van der Waals surface area contributed by atoms with Crippen LogP contribution in [-0.2, 0) is 9.53 Å². The molecule has 5 rings (SSSR count). The van der Waals surface area contributed by atoms with E-state index in [-0.39, 0.29) is 11.8 Å². The van der Waals surface area contributed by atoms with Gasteiger partial charge >= 0.3 is 0 Å². The predicted octanol–water partition coefficient (Wildman–Crippen LogP) is 2.43. The summed E-state index contributed by atoms with van der Waals surface area (Å²) in [4.78, 5) is 27.4. The summed E-state index contributed by atoms with van der Waals surface area (Å²) in [6.45, 7) is 4.45. The third-order valence-corrected chi connectivity index (χ3v) is 5.79. The van der Waals surface area contributed by atoms with E-state index in [1.165, 1.54) is 5.69 Å². The summed E-state index contributed by atoms with van der Waals surface area (Å²) < 4.78 is 11.5. The van der Waals surface area contributed by atoms with Crippen LogP contribution in [0.25, 0.3) is 22.3 Å². The molecule has 4 heterocycles. The van der Waals surface area contributed by atoms with Crippen molar-refractivity contribution in [2.24, 2.45) is 5.92 Å². The molecule has 2 aliphatic heterocycles. The standard InChI is InChI=1S/C23H25N5O3/c29-21-6-1-16(14-26-21)15-31-23-22-20(24-7-8-25-22)13-19(27-23)17-2-4-18(5-3-17)28-9-11-30-12-10-28/h2-5,7-8,13,16H,1,6,9-12,14-15H2,(H,26,29). The van der Waals surface area contributed by atoms with Gasteiger partial charge in [0.15, 0.2) is 5.52 Å². The van der Waals surface area contributed by atoms with E-state index in [2.05, 4.69) is 44.5 Å². The van der Waals surface area contributed by atoms with Crippen LogP contribution in [0.4, 0.5) is 5.69 Å². The number of rotatable bonds is 5. The molecular weight excluding hydrogens is 394 g/mol. The van der Waals surface area contributed by atoms with Gasteiger partial charge in [-0.15, -0.1) is 0 Å². The monoisotopic (exact) mass is 419 g/mol. The number of pyridine rings is 1. The van der Waals surface area contributed by atoms with Crippen molar-refractivity contribution in [1.82, 2.24) is 20.3 Å². The fourth-order valence-corrected chi connectivity index (χ4v) is 3.98. The molecule has 0 bridgehead atoms. The Kier molecular flexibility index (Phi) is 5.62. The number of carbonyl (C=O) groups excluding carboxylic acids is 1. The molecule has 0 aliphatic carbocycles. The molecule has 2 aromatic heterocycles. The van der Waals surface area contributed by atoms with Crippen molar-refractivity contribution >= 4 is 22.6 Å². The van der Waals surface area contributed by atoms with Gasteiger partial charge in [0.05, 0.1) is 31.0 Å². The number of hydrogen-bond acceptors (Lipinski definition) is 7. The first-order chi connectivity index (χ1) is 15.3. The summed E-state index contributed by atoms with van der Waals surface area (Å²) in [5.41, 5.74) is 4.38. The Balaban J connectivity index is 1.39. The highest BCUT2D eigenvalue weighted by Crippen LogP contribution is 2.29.